The summed E-state index contributed by atoms with van der Waals surface area (Å²) in [5.41, 5.74) is 0.225. The first-order valence-corrected chi connectivity index (χ1v) is 8.33. The quantitative estimate of drug-likeness (QED) is 0.436. The summed E-state index contributed by atoms with van der Waals surface area (Å²) in [5.74, 6) is -0.466. The highest BCUT2D eigenvalue weighted by atomic mass is 19.1. The normalized spacial score (nSPS) is 10.7. The fourth-order valence-corrected chi connectivity index (χ4v) is 2.61. The molecule has 0 atom stereocenters. The molecule has 0 bridgehead atoms. The zero-order chi connectivity index (χ0) is 20.1. The zero-order valence-corrected chi connectivity index (χ0v) is 15.3. The van der Waals surface area contributed by atoms with E-state index in [0.29, 0.717) is 12.2 Å². The summed E-state index contributed by atoms with van der Waals surface area (Å²) < 4.78 is 29.7. The van der Waals surface area contributed by atoms with E-state index in [0.717, 1.165) is 10.3 Å². The molecule has 0 aliphatic rings. The summed E-state index contributed by atoms with van der Waals surface area (Å²) in [7, 11) is 2.71. The van der Waals surface area contributed by atoms with E-state index in [1.165, 1.54) is 44.7 Å². The average molecular weight is 387 g/mol. The third kappa shape index (κ3) is 4.12. The number of carbonyl (C=O) groups excluding carboxylic acids is 1. The number of methoxy groups -OCH3 is 1. The Balaban J connectivity index is 1.88. The second-order valence-corrected chi connectivity index (χ2v) is 5.82. The number of rotatable bonds is 8. The lowest BCUT2D eigenvalue weighted by Gasteiger charge is -2.11. The second-order valence-electron chi connectivity index (χ2n) is 5.82. The van der Waals surface area contributed by atoms with Crippen LogP contribution in [-0.2, 0) is 11.2 Å². The first-order valence-electron chi connectivity index (χ1n) is 8.33. The van der Waals surface area contributed by atoms with Crippen molar-refractivity contribution in [2.24, 2.45) is 0 Å². The third-order valence-electron chi connectivity index (χ3n) is 3.96. The number of benzene rings is 1. The number of hydrogen-bond acceptors (Lipinski definition) is 6. The molecule has 0 N–H and O–H groups in total. The van der Waals surface area contributed by atoms with Gasteiger partial charge in [-0.05, 0) is 35.9 Å². The van der Waals surface area contributed by atoms with Crippen LogP contribution in [0.25, 0.3) is 0 Å². The molecule has 0 fully saturated rings. The topological polar surface area (TPSA) is 79.9 Å². The Bertz CT molecular complexity index is 1020. The van der Waals surface area contributed by atoms with Gasteiger partial charge in [0, 0.05) is 19.7 Å². The second kappa shape index (κ2) is 8.53. The van der Waals surface area contributed by atoms with Crippen molar-refractivity contribution < 1.29 is 27.9 Å². The average Bonchev–Trinajstić information content (AvgIpc) is 3.16. The van der Waals surface area contributed by atoms with Crippen LogP contribution in [0.15, 0.2) is 57.9 Å². The van der Waals surface area contributed by atoms with Crippen molar-refractivity contribution in [3.05, 3.63) is 87.5 Å². The van der Waals surface area contributed by atoms with Gasteiger partial charge in [-0.25, -0.2) is 4.39 Å². The van der Waals surface area contributed by atoms with Crippen LogP contribution in [0.2, 0.25) is 0 Å². The van der Waals surface area contributed by atoms with E-state index in [1.54, 1.807) is 18.2 Å². The largest absolute Gasteiger partial charge is 0.461 e. The Morgan fingerprint density at radius 3 is 2.54 bits per heavy atom. The minimum atomic E-state index is -0.636. The molecule has 3 aromatic rings. The maximum absolute atomic E-state index is 13.0. The molecule has 0 saturated heterocycles. The maximum Gasteiger partial charge on any atom is 0.326 e. The molecular weight excluding hydrogens is 369 g/mol. The molecule has 0 aliphatic heterocycles. The van der Waals surface area contributed by atoms with Gasteiger partial charge < -0.3 is 18.7 Å². The minimum Gasteiger partial charge on any atom is -0.461 e. The van der Waals surface area contributed by atoms with E-state index < -0.39 is 11.3 Å². The Kier molecular flexibility index (Phi) is 5.90. The molecule has 0 aliphatic carbocycles. The Labute approximate surface area is 159 Å². The number of pyridine rings is 1. The molecule has 1 aromatic carbocycles. The van der Waals surface area contributed by atoms with Crippen LogP contribution in [0.5, 0.6) is 5.75 Å². The van der Waals surface area contributed by atoms with Gasteiger partial charge in [0.15, 0.2) is 12.6 Å². The fraction of sp³-hybridized carbons (Fsp3) is 0.200. The van der Waals surface area contributed by atoms with Crippen LogP contribution in [0.1, 0.15) is 27.4 Å². The van der Waals surface area contributed by atoms with Gasteiger partial charge >= 0.3 is 5.56 Å². The van der Waals surface area contributed by atoms with Gasteiger partial charge in [0.05, 0.1) is 5.56 Å². The van der Waals surface area contributed by atoms with Gasteiger partial charge in [0.1, 0.15) is 18.7 Å². The SMILES string of the molecule is COCOc1c(C(=O)c2ccc(Cc3ccc(F)cc3)o2)ccn(OC)c1=O. The smallest absolute Gasteiger partial charge is 0.326 e. The lowest BCUT2D eigenvalue weighted by atomic mass is 10.1. The molecule has 3 rings (SSSR count). The molecule has 0 unspecified atom stereocenters. The third-order valence-corrected chi connectivity index (χ3v) is 3.96. The summed E-state index contributed by atoms with van der Waals surface area (Å²) in [4.78, 5) is 30.1. The van der Waals surface area contributed by atoms with Crippen LogP contribution in [0, 0.1) is 5.82 Å². The number of nitrogens with zero attached hydrogens (tertiary/aromatic N) is 1. The van der Waals surface area contributed by atoms with Crippen LogP contribution >= 0.6 is 0 Å². The standard InChI is InChI=1S/C20H18FNO6/c1-25-12-27-19-16(9-10-22(26-2)20(19)24)18(23)17-8-7-15(28-17)11-13-3-5-14(21)6-4-13/h3-10H,11-12H2,1-2H3. The van der Waals surface area contributed by atoms with E-state index in [1.807, 2.05) is 0 Å². The monoisotopic (exact) mass is 387 g/mol. The van der Waals surface area contributed by atoms with Gasteiger partial charge in [-0.3, -0.25) is 9.59 Å². The summed E-state index contributed by atoms with van der Waals surface area (Å²) >= 11 is 0. The van der Waals surface area contributed by atoms with Crippen molar-refractivity contribution in [1.29, 1.82) is 0 Å². The molecule has 0 saturated carbocycles. The van der Waals surface area contributed by atoms with E-state index in [9.17, 15) is 14.0 Å². The van der Waals surface area contributed by atoms with Gasteiger partial charge in [-0.2, -0.15) is 0 Å². The molecule has 7 nitrogen and oxygen atoms in total. The Morgan fingerprint density at radius 1 is 1.11 bits per heavy atom. The summed E-state index contributed by atoms with van der Waals surface area (Å²) in [5, 5.41) is 0. The van der Waals surface area contributed by atoms with E-state index in [-0.39, 0.29) is 29.7 Å². The summed E-state index contributed by atoms with van der Waals surface area (Å²) in [6.45, 7) is -0.211. The van der Waals surface area contributed by atoms with E-state index >= 15 is 0 Å². The predicted molar refractivity (Wildman–Crippen MR) is 97.1 cm³/mol. The van der Waals surface area contributed by atoms with Gasteiger partial charge in [0.25, 0.3) is 0 Å². The number of furan rings is 1. The molecule has 2 heterocycles. The van der Waals surface area contributed by atoms with Crippen molar-refractivity contribution in [2.45, 2.75) is 6.42 Å². The minimum absolute atomic E-state index is 0.0260. The van der Waals surface area contributed by atoms with Gasteiger partial charge in [0.2, 0.25) is 11.5 Å². The van der Waals surface area contributed by atoms with Gasteiger partial charge in [-0.15, -0.1) is 4.73 Å². The van der Waals surface area contributed by atoms with Crippen molar-refractivity contribution in [1.82, 2.24) is 4.73 Å². The molecule has 0 radical (unpaired) electrons. The molecular formula is C20H18FNO6. The number of ether oxygens (including phenoxy) is 2. The lowest BCUT2D eigenvalue weighted by Crippen LogP contribution is -2.28. The van der Waals surface area contributed by atoms with E-state index in [4.69, 9.17) is 18.7 Å². The van der Waals surface area contributed by atoms with Crippen molar-refractivity contribution in [2.75, 3.05) is 21.0 Å². The van der Waals surface area contributed by atoms with Crippen molar-refractivity contribution >= 4 is 5.78 Å². The van der Waals surface area contributed by atoms with E-state index in [2.05, 4.69) is 0 Å². The summed E-state index contributed by atoms with van der Waals surface area (Å²) in [6, 6.07) is 10.6. The summed E-state index contributed by atoms with van der Waals surface area (Å²) in [6.07, 6.45) is 1.71. The van der Waals surface area contributed by atoms with Crippen molar-refractivity contribution in [3.8, 4) is 5.75 Å². The predicted octanol–water partition coefficient (Wildman–Crippen LogP) is 2.44. The molecule has 28 heavy (non-hydrogen) atoms. The maximum atomic E-state index is 13.0. The number of carbonyl (C=O) groups is 1. The fourth-order valence-electron chi connectivity index (χ4n) is 2.61. The highest BCUT2D eigenvalue weighted by molar-refractivity contribution is 6.08. The first-order chi connectivity index (χ1) is 13.5. The first kappa shape index (κ1) is 19.4. The molecule has 0 amide bonds. The highest BCUT2D eigenvalue weighted by Crippen LogP contribution is 2.21. The van der Waals surface area contributed by atoms with Crippen LogP contribution < -0.4 is 15.1 Å². The van der Waals surface area contributed by atoms with Crippen LogP contribution in [-0.4, -0.2) is 31.5 Å². The van der Waals surface area contributed by atoms with Crippen LogP contribution in [0.4, 0.5) is 4.39 Å². The number of ketones is 1. The Hall–Kier alpha value is -3.39. The zero-order valence-electron chi connectivity index (χ0n) is 15.3. The molecule has 0 spiro atoms. The highest BCUT2D eigenvalue weighted by Gasteiger charge is 2.22. The van der Waals surface area contributed by atoms with Crippen molar-refractivity contribution in [3.63, 3.8) is 0 Å². The lowest BCUT2D eigenvalue weighted by molar-refractivity contribution is 0.0462. The molecule has 8 heteroatoms. The molecule has 146 valence electrons. The number of halogens is 1. The number of aromatic nitrogens is 1. The van der Waals surface area contributed by atoms with Crippen LogP contribution in [0.3, 0.4) is 0 Å². The van der Waals surface area contributed by atoms with Gasteiger partial charge in [-0.1, -0.05) is 12.1 Å². The molecule has 2 aromatic heterocycles. The Morgan fingerprint density at radius 2 is 1.86 bits per heavy atom. The number of hydrogen-bond donors (Lipinski definition) is 0.